The lowest BCUT2D eigenvalue weighted by molar-refractivity contribution is 0.220. The second-order valence-electron chi connectivity index (χ2n) is 5.18. The second-order valence-corrected chi connectivity index (χ2v) is 5.56. The van der Waals surface area contributed by atoms with Crippen molar-refractivity contribution in [1.82, 2.24) is 14.9 Å². The van der Waals surface area contributed by atoms with Crippen molar-refractivity contribution in [1.29, 1.82) is 0 Å². The number of nitrogens with zero attached hydrogens (tertiary/aromatic N) is 4. The second kappa shape index (κ2) is 6.49. The molecular weight excluding hydrogens is 316 g/mol. The summed E-state index contributed by atoms with van der Waals surface area (Å²) in [7, 11) is 3.20. The molecule has 7 nitrogen and oxygen atoms in total. The van der Waals surface area contributed by atoms with Crippen molar-refractivity contribution in [3.63, 3.8) is 0 Å². The van der Waals surface area contributed by atoms with Crippen LogP contribution in [0.5, 0.6) is 11.5 Å². The van der Waals surface area contributed by atoms with Gasteiger partial charge >= 0.3 is 0 Å². The summed E-state index contributed by atoms with van der Waals surface area (Å²) in [5.74, 6) is 2.11. The molecule has 0 spiro atoms. The standard InChI is InChI=1S/C15H18N4O3S/c1-21-12-7-10-11(8-13(12)22-2)16-9-17-14(10)18-3-5-19(6-4-18)15(20)23/h7-9H,3-6H2,1-2H3,(H,20,23). The first kappa shape index (κ1) is 15.7. The van der Waals surface area contributed by atoms with E-state index in [9.17, 15) is 4.79 Å². The molecule has 0 bridgehead atoms. The van der Waals surface area contributed by atoms with Gasteiger partial charge < -0.3 is 19.3 Å². The highest BCUT2D eigenvalue weighted by atomic mass is 32.1. The highest BCUT2D eigenvalue weighted by molar-refractivity contribution is 7.96. The van der Waals surface area contributed by atoms with E-state index in [1.165, 1.54) is 0 Å². The number of ether oxygens (including phenoxy) is 2. The Balaban J connectivity index is 1.97. The van der Waals surface area contributed by atoms with Crippen LogP contribution in [0, 0.1) is 0 Å². The molecule has 23 heavy (non-hydrogen) atoms. The summed E-state index contributed by atoms with van der Waals surface area (Å²) in [5, 5.41) is 0.708. The van der Waals surface area contributed by atoms with Crippen molar-refractivity contribution in [2.75, 3.05) is 45.3 Å². The number of benzene rings is 1. The van der Waals surface area contributed by atoms with Gasteiger partial charge in [0.05, 0.1) is 19.7 Å². The lowest BCUT2D eigenvalue weighted by Crippen LogP contribution is -2.47. The minimum atomic E-state index is -0.191. The maximum atomic E-state index is 11.3. The summed E-state index contributed by atoms with van der Waals surface area (Å²) < 4.78 is 10.7. The van der Waals surface area contributed by atoms with Crippen LogP contribution in [0.25, 0.3) is 10.9 Å². The van der Waals surface area contributed by atoms with Gasteiger partial charge in [-0.15, -0.1) is 0 Å². The molecule has 1 saturated heterocycles. The molecule has 3 rings (SSSR count). The number of aromatic nitrogens is 2. The number of amides is 1. The van der Waals surface area contributed by atoms with E-state index in [-0.39, 0.29) is 5.24 Å². The first-order chi connectivity index (χ1) is 11.1. The van der Waals surface area contributed by atoms with Crippen LogP contribution in [-0.2, 0) is 0 Å². The van der Waals surface area contributed by atoms with Crippen molar-refractivity contribution in [2.45, 2.75) is 0 Å². The molecule has 1 aliphatic heterocycles. The smallest absolute Gasteiger partial charge is 0.278 e. The average Bonchev–Trinajstić information content (AvgIpc) is 2.60. The van der Waals surface area contributed by atoms with Crippen LogP contribution in [0.1, 0.15) is 0 Å². The van der Waals surface area contributed by atoms with Crippen molar-refractivity contribution >= 4 is 34.6 Å². The Kier molecular flexibility index (Phi) is 4.42. The predicted octanol–water partition coefficient (Wildman–Crippen LogP) is 1.82. The summed E-state index contributed by atoms with van der Waals surface area (Å²) >= 11 is 3.88. The topological polar surface area (TPSA) is 67.8 Å². The van der Waals surface area contributed by atoms with Crippen LogP contribution in [-0.4, -0.2) is 60.5 Å². The molecule has 0 unspecified atom stereocenters. The lowest BCUT2D eigenvalue weighted by Gasteiger charge is -2.34. The largest absolute Gasteiger partial charge is 0.493 e. The van der Waals surface area contributed by atoms with Crippen LogP contribution >= 0.6 is 12.6 Å². The molecule has 0 atom stereocenters. The zero-order chi connectivity index (χ0) is 16.4. The first-order valence-electron chi connectivity index (χ1n) is 7.23. The number of piperazine rings is 1. The van der Waals surface area contributed by atoms with Crippen LogP contribution in [0.15, 0.2) is 18.5 Å². The van der Waals surface area contributed by atoms with Crippen molar-refractivity contribution in [3.05, 3.63) is 18.5 Å². The Morgan fingerprint density at radius 2 is 1.74 bits per heavy atom. The van der Waals surface area contributed by atoms with Crippen LogP contribution in [0.2, 0.25) is 0 Å². The van der Waals surface area contributed by atoms with E-state index >= 15 is 0 Å². The molecule has 1 amide bonds. The SMILES string of the molecule is COc1cc2ncnc(N3CCN(C(=O)S)CC3)c2cc1OC. The Hall–Kier alpha value is -2.22. The van der Waals surface area contributed by atoms with E-state index < -0.39 is 0 Å². The number of hydrogen-bond acceptors (Lipinski definition) is 6. The van der Waals surface area contributed by atoms with Gasteiger partial charge in [-0.2, -0.15) is 0 Å². The van der Waals surface area contributed by atoms with Crippen molar-refractivity contribution < 1.29 is 14.3 Å². The van der Waals surface area contributed by atoms with Gasteiger partial charge in [0.2, 0.25) is 0 Å². The maximum absolute atomic E-state index is 11.3. The average molecular weight is 334 g/mol. The number of fused-ring (bicyclic) bond motifs is 1. The monoisotopic (exact) mass is 334 g/mol. The number of thiol groups is 1. The summed E-state index contributed by atoms with van der Waals surface area (Å²) in [4.78, 5) is 23.9. The minimum absolute atomic E-state index is 0.191. The van der Waals surface area contributed by atoms with Gasteiger partial charge in [-0.1, -0.05) is 12.6 Å². The number of anilines is 1. The molecule has 0 aliphatic carbocycles. The van der Waals surface area contributed by atoms with Crippen LogP contribution in [0.4, 0.5) is 10.6 Å². The third-order valence-electron chi connectivity index (χ3n) is 3.97. The van der Waals surface area contributed by atoms with Gasteiger partial charge in [0, 0.05) is 37.6 Å². The normalized spacial score (nSPS) is 14.9. The number of rotatable bonds is 3. The number of hydrogen-bond donors (Lipinski definition) is 1. The van der Waals surface area contributed by atoms with E-state index in [4.69, 9.17) is 9.47 Å². The first-order valence-corrected chi connectivity index (χ1v) is 7.68. The quantitative estimate of drug-likeness (QED) is 0.864. The summed E-state index contributed by atoms with van der Waals surface area (Å²) in [6, 6.07) is 3.73. The Labute approximate surface area is 139 Å². The molecular formula is C15H18N4O3S. The summed E-state index contributed by atoms with van der Waals surface area (Å²) in [6.45, 7) is 2.65. The molecule has 2 aromatic rings. The third-order valence-corrected chi connectivity index (χ3v) is 4.25. The number of carbonyl (C=O) groups excluding carboxylic acids is 1. The predicted molar refractivity (Wildman–Crippen MR) is 90.8 cm³/mol. The zero-order valence-electron chi connectivity index (χ0n) is 13.0. The highest BCUT2D eigenvalue weighted by Crippen LogP contribution is 2.34. The van der Waals surface area contributed by atoms with Crippen molar-refractivity contribution in [2.24, 2.45) is 0 Å². The zero-order valence-corrected chi connectivity index (χ0v) is 13.9. The highest BCUT2D eigenvalue weighted by Gasteiger charge is 2.22. The third kappa shape index (κ3) is 2.98. The van der Waals surface area contributed by atoms with E-state index in [1.54, 1.807) is 25.4 Å². The van der Waals surface area contributed by atoms with Gasteiger partial charge in [0.25, 0.3) is 5.24 Å². The maximum Gasteiger partial charge on any atom is 0.278 e. The van der Waals surface area contributed by atoms with E-state index in [2.05, 4.69) is 27.5 Å². The van der Waals surface area contributed by atoms with Gasteiger partial charge in [0.1, 0.15) is 12.1 Å². The van der Waals surface area contributed by atoms with E-state index in [1.807, 2.05) is 12.1 Å². The molecule has 2 heterocycles. The molecule has 1 aromatic carbocycles. The number of methoxy groups -OCH3 is 2. The van der Waals surface area contributed by atoms with Crippen molar-refractivity contribution in [3.8, 4) is 11.5 Å². The molecule has 122 valence electrons. The van der Waals surface area contributed by atoms with Gasteiger partial charge in [-0.25, -0.2) is 9.97 Å². The Bertz CT molecular complexity index is 732. The Morgan fingerprint density at radius 3 is 2.35 bits per heavy atom. The minimum Gasteiger partial charge on any atom is -0.493 e. The van der Waals surface area contributed by atoms with Gasteiger partial charge in [-0.05, 0) is 6.07 Å². The van der Waals surface area contributed by atoms with Crippen LogP contribution in [0.3, 0.4) is 0 Å². The fourth-order valence-corrected chi connectivity index (χ4v) is 2.93. The molecule has 1 aromatic heterocycles. The fraction of sp³-hybridized carbons (Fsp3) is 0.400. The van der Waals surface area contributed by atoms with Gasteiger partial charge in [-0.3, -0.25) is 4.79 Å². The summed E-state index contributed by atoms with van der Waals surface area (Å²) in [6.07, 6.45) is 1.54. The molecule has 8 heteroatoms. The molecule has 0 saturated carbocycles. The number of carbonyl (C=O) groups is 1. The molecule has 1 aliphatic rings. The van der Waals surface area contributed by atoms with E-state index in [0.29, 0.717) is 37.7 Å². The molecule has 0 radical (unpaired) electrons. The van der Waals surface area contributed by atoms with Gasteiger partial charge in [0.15, 0.2) is 11.5 Å². The molecule has 1 fully saturated rings. The summed E-state index contributed by atoms with van der Waals surface area (Å²) in [5.41, 5.74) is 0.792. The fourth-order valence-electron chi connectivity index (χ4n) is 2.73. The Morgan fingerprint density at radius 1 is 1.09 bits per heavy atom. The lowest BCUT2D eigenvalue weighted by atomic mass is 10.2. The molecule has 0 N–H and O–H groups in total. The van der Waals surface area contributed by atoms with Crippen LogP contribution < -0.4 is 14.4 Å². The van der Waals surface area contributed by atoms with E-state index in [0.717, 1.165) is 16.7 Å².